The van der Waals surface area contributed by atoms with E-state index in [-0.39, 0.29) is 5.91 Å². The second-order valence-corrected chi connectivity index (χ2v) is 5.15. The van der Waals surface area contributed by atoms with Gasteiger partial charge in [-0.15, -0.1) is 0 Å². The minimum atomic E-state index is 0.0536. The molecule has 1 fully saturated rings. The van der Waals surface area contributed by atoms with Crippen molar-refractivity contribution in [1.82, 2.24) is 15.5 Å². The first kappa shape index (κ1) is 14.0. The van der Waals surface area contributed by atoms with Gasteiger partial charge in [-0.25, -0.2) is 0 Å². The van der Waals surface area contributed by atoms with Gasteiger partial charge in [-0.2, -0.15) is 0 Å². The van der Waals surface area contributed by atoms with Crippen molar-refractivity contribution in [2.24, 2.45) is 0 Å². The number of nitrogens with one attached hydrogen (secondary N) is 2. The zero-order valence-electron chi connectivity index (χ0n) is 11.6. The quantitative estimate of drug-likeness (QED) is 0.686. The summed E-state index contributed by atoms with van der Waals surface area (Å²) in [6.07, 6.45) is 2.65. The molecule has 1 saturated carbocycles. The Labute approximate surface area is 115 Å². The van der Waals surface area contributed by atoms with Crippen LogP contribution in [0.4, 0.5) is 0 Å². The van der Waals surface area contributed by atoms with Crippen LogP contribution < -0.4 is 10.6 Å². The van der Waals surface area contributed by atoms with Crippen molar-refractivity contribution in [3.63, 3.8) is 0 Å². The molecule has 0 heterocycles. The van der Waals surface area contributed by atoms with Gasteiger partial charge in [0.2, 0.25) is 5.91 Å². The van der Waals surface area contributed by atoms with Crippen LogP contribution >= 0.6 is 0 Å². The lowest BCUT2D eigenvalue weighted by atomic mass is 10.2. The van der Waals surface area contributed by atoms with E-state index in [4.69, 9.17) is 0 Å². The highest BCUT2D eigenvalue weighted by atomic mass is 16.1. The summed E-state index contributed by atoms with van der Waals surface area (Å²) in [7, 11) is 2.15. The van der Waals surface area contributed by atoms with Crippen molar-refractivity contribution in [2.45, 2.75) is 25.4 Å². The molecule has 1 aromatic rings. The number of nitrogens with zero attached hydrogens (tertiary/aromatic N) is 1. The van der Waals surface area contributed by atoms with E-state index in [0.29, 0.717) is 13.1 Å². The minimum Gasteiger partial charge on any atom is -0.351 e. The highest BCUT2D eigenvalue weighted by Gasteiger charge is 2.25. The average molecular weight is 261 g/mol. The first-order chi connectivity index (χ1) is 9.25. The maximum Gasteiger partial charge on any atom is 0.234 e. The van der Waals surface area contributed by atoms with Crippen molar-refractivity contribution in [1.29, 1.82) is 0 Å². The summed E-state index contributed by atoms with van der Waals surface area (Å²) >= 11 is 0. The summed E-state index contributed by atoms with van der Waals surface area (Å²) in [4.78, 5) is 14.0. The smallest absolute Gasteiger partial charge is 0.234 e. The molecule has 0 saturated heterocycles. The van der Waals surface area contributed by atoms with E-state index < -0.39 is 0 Å². The second kappa shape index (κ2) is 7.26. The lowest BCUT2D eigenvalue weighted by molar-refractivity contribution is -0.120. The Balaban J connectivity index is 1.52. The molecule has 0 aliphatic heterocycles. The topological polar surface area (TPSA) is 44.4 Å². The third-order valence-electron chi connectivity index (χ3n) is 3.43. The number of benzene rings is 1. The maximum atomic E-state index is 11.6. The molecular weight excluding hydrogens is 238 g/mol. The van der Waals surface area contributed by atoms with E-state index in [1.807, 2.05) is 30.3 Å². The van der Waals surface area contributed by atoms with Gasteiger partial charge in [0.1, 0.15) is 0 Å². The summed E-state index contributed by atoms with van der Waals surface area (Å²) in [6, 6.07) is 10.7. The molecule has 4 nitrogen and oxygen atoms in total. The van der Waals surface area contributed by atoms with E-state index >= 15 is 0 Å². The normalized spacial score (nSPS) is 14.6. The highest BCUT2D eigenvalue weighted by molar-refractivity contribution is 5.77. The van der Waals surface area contributed by atoms with Crippen molar-refractivity contribution < 1.29 is 4.79 Å². The van der Waals surface area contributed by atoms with Gasteiger partial charge in [-0.1, -0.05) is 30.3 Å². The summed E-state index contributed by atoms with van der Waals surface area (Å²) in [5.41, 5.74) is 1.13. The molecule has 19 heavy (non-hydrogen) atoms. The predicted octanol–water partition coefficient (Wildman–Crippen LogP) is 0.987. The Morgan fingerprint density at radius 1 is 1.32 bits per heavy atom. The second-order valence-electron chi connectivity index (χ2n) is 5.15. The number of likely N-dealkylation sites (N-methyl/N-ethyl adjacent to an activating group) is 1. The van der Waals surface area contributed by atoms with E-state index in [1.54, 1.807) is 0 Å². The maximum absolute atomic E-state index is 11.6. The van der Waals surface area contributed by atoms with Gasteiger partial charge in [-0.3, -0.25) is 4.79 Å². The number of carbonyl (C=O) groups excluding carboxylic acids is 1. The zero-order valence-corrected chi connectivity index (χ0v) is 11.6. The largest absolute Gasteiger partial charge is 0.351 e. The fourth-order valence-corrected chi connectivity index (χ4v) is 2.01. The predicted molar refractivity (Wildman–Crippen MR) is 76.8 cm³/mol. The van der Waals surface area contributed by atoms with Crippen LogP contribution in [-0.4, -0.2) is 43.5 Å². The van der Waals surface area contributed by atoms with E-state index in [0.717, 1.165) is 24.7 Å². The van der Waals surface area contributed by atoms with Crippen molar-refractivity contribution in [2.75, 3.05) is 26.7 Å². The molecule has 0 bridgehead atoms. The number of amides is 1. The Bertz CT molecular complexity index is 390. The van der Waals surface area contributed by atoms with Crippen LogP contribution in [0.5, 0.6) is 0 Å². The fraction of sp³-hybridized carbons (Fsp3) is 0.533. The van der Waals surface area contributed by atoms with Gasteiger partial charge in [0.25, 0.3) is 0 Å². The number of carbonyl (C=O) groups is 1. The molecular formula is C15H23N3O. The molecule has 2 rings (SSSR count). The third kappa shape index (κ3) is 5.41. The fourth-order valence-electron chi connectivity index (χ4n) is 2.01. The lowest BCUT2D eigenvalue weighted by Gasteiger charge is -2.15. The molecule has 2 N–H and O–H groups in total. The molecule has 0 radical (unpaired) electrons. The van der Waals surface area contributed by atoms with Crippen molar-refractivity contribution in [3.8, 4) is 0 Å². The molecule has 1 aliphatic rings. The summed E-state index contributed by atoms with van der Waals surface area (Å²) in [6.45, 7) is 2.87. The molecule has 4 heteroatoms. The van der Waals surface area contributed by atoms with Crippen molar-refractivity contribution >= 4 is 5.91 Å². The first-order valence-corrected chi connectivity index (χ1v) is 6.97. The molecule has 0 atom stereocenters. The van der Waals surface area contributed by atoms with Gasteiger partial charge >= 0.3 is 0 Å². The van der Waals surface area contributed by atoms with Gasteiger partial charge in [0.15, 0.2) is 0 Å². The molecule has 0 aromatic heterocycles. The van der Waals surface area contributed by atoms with E-state index in [2.05, 4.69) is 22.6 Å². The van der Waals surface area contributed by atoms with Crippen LogP contribution in [0.1, 0.15) is 18.4 Å². The Morgan fingerprint density at radius 2 is 2.05 bits per heavy atom. The van der Waals surface area contributed by atoms with Crippen LogP contribution in [0, 0.1) is 0 Å². The van der Waals surface area contributed by atoms with Gasteiger partial charge < -0.3 is 15.5 Å². The van der Waals surface area contributed by atoms with Crippen molar-refractivity contribution in [3.05, 3.63) is 35.9 Å². The van der Waals surface area contributed by atoms with Gasteiger partial charge in [-0.05, 0) is 25.5 Å². The Hall–Kier alpha value is -1.39. The third-order valence-corrected chi connectivity index (χ3v) is 3.43. The monoisotopic (exact) mass is 261 g/mol. The number of hydrogen-bond donors (Lipinski definition) is 2. The molecule has 0 spiro atoms. The molecule has 1 aromatic carbocycles. The average Bonchev–Trinajstić information content (AvgIpc) is 3.27. The summed E-state index contributed by atoms with van der Waals surface area (Å²) in [5, 5.41) is 6.09. The Kier molecular flexibility index (Phi) is 5.36. The molecule has 1 aliphatic carbocycles. The van der Waals surface area contributed by atoms with Crippen LogP contribution in [0.2, 0.25) is 0 Å². The number of hydrogen-bond acceptors (Lipinski definition) is 3. The Morgan fingerprint density at radius 3 is 2.74 bits per heavy atom. The van der Waals surface area contributed by atoms with Crippen LogP contribution in [-0.2, 0) is 11.3 Å². The minimum absolute atomic E-state index is 0.0536. The lowest BCUT2D eigenvalue weighted by Crippen LogP contribution is -2.37. The standard InChI is InChI=1S/C15H23N3O/c1-18(14-7-8-14)10-9-16-12-15(19)17-11-13-5-3-2-4-6-13/h2-6,14,16H,7-12H2,1H3,(H,17,19). The SMILES string of the molecule is CN(CCNCC(=O)NCc1ccccc1)C1CC1. The van der Waals surface area contributed by atoms with E-state index in [9.17, 15) is 4.79 Å². The van der Waals surface area contributed by atoms with E-state index in [1.165, 1.54) is 12.8 Å². The van der Waals surface area contributed by atoms with Gasteiger partial charge in [0.05, 0.1) is 6.54 Å². The highest BCUT2D eigenvalue weighted by Crippen LogP contribution is 2.24. The van der Waals surface area contributed by atoms with Crippen LogP contribution in [0.3, 0.4) is 0 Å². The summed E-state index contributed by atoms with van der Waals surface area (Å²) in [5.74, 6) is 0.0536. The summed E-state index contributed by atoms with van der Waals surface area (Å²) < 4.78 is 0. The zero-order chi connectivity index (χ0) is 13.5. The first-order valence-electron chi connectivity index (χ1n) is 6.97. The number of rotatable bonds is 8. The molecule has 0 unspecified atom stereocenters. The molecule has 1 amide bonds. The van der Waals surface area contributed by atoms with Crippen LogP contribution in [0.15, 0.2) is 30.3 Å². The van der Waals surface area contributed by atoms with Crippen LogP contribution in [0.25, 0.3) is 0 Å². The molecule has 104 valence electrons. The van der Waals surface area contributed by atoms with Gasteiger partial charge in [0, 0.05) is 25.7 Å².